The van der Waals surface area contributed by atoms with Gasteiger partial charge < -0.3 is 14.4 Å². The van der Waals surface area contributed by atoms with Crippen LogP contribution in [-0.4, -0.2) is 32.3 Å². The zero-order valence-electron chi connectivity index (χ0n) is 17.3. The van der Waals surface area contributed by atoms with Gasteiger partial charge in [-0.2, -0.15) is 0 Å². The fraction of sp³-hybridized carbons (Fsp3) is 0.682. The summed E-state index contributed by atoms with van der Waals surface area (Å²) >= 11 is 0. The Morgan fingerprint density at radius 1 is 1.22 bits per heavy atom. The van der Waals surface area contributed by atoms with Crippen molar-refractivity contribution in [2.24, 2.45) is 22.4 Å². The van der Waals surface area contributed by atoms with E-state index in [4.69, 9.17) is 9.26 Å². The molecule has 4 rings (SSSR count). The van der Waals surface area contributed by atoms with Gasteiger partial charge in [-0.25, -0.2) is 0 Å². The first-order valence-electron chi connectivity index (χ1n) is 10.3. The number of oxime groups is 1. The number of hydrogen-bond acceptors (Lipinski definition) is 4. The van der Waals surface area contributed by atoms with Crippen LogP contribution in [0.5, 0.6) is 5.75 Å². The summed E-state index contributed by atoms with van der Waals surface area (Å²) in [6.45, 7) is 8.98. The van der Waals surface area contributed by atoms with Gasteiger partial charge in [0.2, 0.25) is 8.32 Å². The lowest BCUT2D eigenvalue weighted by Gasteiger charge is -2.49. The molecule has 0 saturated heterocycles. The average molecular weight is 388 g/mol. The van der Waals surface area contributed by atoms with Gasteiger partial charge in [0.25, 0.3) is 0 Å². The zero-order valence-corrected chi connectivity index (χ0v) is 18.3. The number of aliphatic hydroxyl groups is 1. The Labute approximate surface area is 164 Å². The fourth-order valence-electron chi connectivity index (χ4n) is 6.08. The quantitative estimate of drug-likeness (QED) is 0.602. The summed E-state index contributed by atoms with van der Waals surface area (Å²) in [5.41, 5.74) is 3.98. The third-order valence-corrected chi connectivity index (χ3v) is 7.90. The minimum absolute atomic E-state index is 0.0189. The number of nitrogens with zero attached hydrogens (tertiary/aromatic N) is 1. The fourth-order valence-corrected chi connectivity index (χ4v) is 6.92. The summed E-state index contributed by atoms with van der Waals surface area (Å²) in [4.78, 5) is 5.10. The molecule has 4 nitrogen and oxygen atoms in total. The predicted molar refractivity (Wildman–Crippen MR) is 111 cm³/mol. The van der Waals surface area contributed by atoms with Crippen LogP contribution in [0.3, 0.4) is 0 Å². The second-order valence-electron chi connectivity index (χ2n) is 9.86. The molecule has 5 atom stereocenters. The van der Waals surface area contributed by atoms with Crippen molar-refractivity contribution in [3.05, 3.63) is 29.3 Å². The van der Waals surface area contributed by atoms with Crippen molar-refractivity contribution in [3.63, 3.8) is 0 Å². The van der Waals surface area contributed by atoms with Crippen LogP contribution < -0.4 is 4.43 Å². The Bertz CT molecular complexity index is 756. The number of fused-ring (bicyclic) bond motifs is 5. The molecule has 2 saturated carbocycles. The average Bonchev–Trinajstić information content (AvgIpc) is 2.84. The third-order valence-electron chi connectivity index (χ3n) is 7.05. The van der Waals surface area contributed by atoms with Crippen LogP contribution in [0, 0.1) is 17.3 Å². The monoisotopic (exact) mass is 387 g/mol. The molecule has 148 valence electrons. The summed E-state index contributed by atoms with van der Waals surface area (Å²) in [6.07, 6.45) is 4.82. The number of aryl methyl sites for hydroxylation is 1. The van der Waals surface area contributed by atoms with Crippen molar-refractivity contribution >= 4 is 14.0 Å². The van der Waals surface area contributed by atoms with E-state index in [9.17, 15) is 5.11 Å². The number of aliphatic hydroxyl groups excluding tert-OH is 1. The molecule has 3 aliphatic rings. The van der Waals surface area contributed by atoms with Crippen LogP contribution in [-0.2, 0) is 11.3 Å². The summed E-state index contributed by atoms with van der Waals surface area (Å²) in [6, 6.07) is 6.74. The van der Waals surface area contributed by atoms with Crippen LogP contribution in [0.25, 0.3) is 0 Å². The normalized spacial score (nSPS) is 36.7. The molecule has 1 N–H and O–H groups in total. The predicted octanol–water partition coefficient (Wildman–Crippen LogP) is 4.73. The van der Waals surface area contributed by atoms with Crippen molar-refractivity contribution in [2.45, 2.75) is 70.7 Å². The van der Waals surface area contributed by atoms with Gasteiger partial charge in [0.05, 0.1) is 11.8 Å². The molecule has 0 amide bonds. The first kappa shape index (κ1) is 19.0. The molecule has 0 spiro atoms. The molecule has 3 aliphatic carbocycles. The number of hydrogen-bond donors (Lipinski definition) is 1. The van der Waals surface area contributed by atoms with Gasteiger partial charge in [-0.05, 0) is 86.3 Å². The third kappa shape index (κ3) is 3.23. The second kappa shape index (κ2) is 6.63. The van der Waals surface area contributed by atoms with Crippen molar-refractivity contribution in [1.82, 2.24) is 0 Å². The first-order chi connectivity index (χ1) is 12.7. The van der Waals surface area contributed by atoms with E-state index in [1.165, 1.54) is 11.1 Å². The Hall–Kier alpha value is -1.33. The van der Waals surface area contributed by atoms with E-state index in [1.54, 1.807) is 7.11 Å². The van der Waals surface area contributed by atoms with Gasteiger partial charge in [-0.15, -0.1) is 0 Å². The van der Waals surface area contributed by atoms with Gasteiger partial charge in [-0.1, -0.05) is 18.1 Å². The van der Waals surface area contributed by atoms with Gasteiger partial charge in [-0.3, -0.25) is 0 Å². The molecule has 1 aromatic rings. The molecule has 5 unspecified atom stereocenters. The molecule has 0 radical (unpaired) electrons. The van der Waals surface area contributed by atoms with E-state index in [1.807, 2.05) is 0 Å². The highest BCUT2D eigenvalue weighted by Gasteiger charge is 2.57. The maximum atomic E-state index is 10.9. The Morgan fingerprint density at radius 3 is 2.70 bits per heavy atom. The first-order valence-corrected chi connectivity index (χ1v) is 13.7. The molecule has 0 aromatic heterocycles. The van der Waals surface area contributed by atoms with E-state index in [0.29, 0.717) is 18.3 Å². The lowest BCUT2D eigenvalue weighted by atomic mass is 9.55. The van der Waals surface area contributed by atoms with E-state index in [-0.39, 0.29) is 17.4 Å². The highest BCUT2D eigenvalue weighted by Crippen LogP contribution is 2.60. The van der Waals surface area contributed by atoms with E-state index in [0.717, 1.165) is 37.1 Å². The minimum atomic E-state index is -1.59. The van der Waals surface area contributed by atoms with E-state index < -0.39 is 8.32 Å². The van der Waals surface area contributed by atoms with Crippen LogP contribution in [0.1, 0.15) is 49.7 Å². The Kier molecular flexibility index (Phi) is 4.66. The molecular formula is C22H33NO3Si. The topological polar surface area (TPSA) is 51.0 Å². The van der Waals surface area contributed by atoms with Gasteiger partial charge >= 0.3 is 0 Å². The van der Waals surface area contributed by atoms with Crippen LogP contribution in [0.2, 0.25) is 19.6 Å². The summed E-state index contributed by atoms with van der Waals surface area (Å²) in [5, 5.41) is 15.2. The number of rotatable bonds is 3. The molecule has 5 heteroatoms. The molecule has 0 heterocycles. The maximum absolute atomic E-state index is 10.9. The molecular weight excluding hydrogens is 354 g/mol. The lowest BCUT2D eigenvalue weighted by Crippen LogP contribution is -2.45. The smallest absolute Gasteiger partial charge is 0.242 e. The second-order valence-corrected chi connectivity index (χ2v) is 14.3. The van der Waals surface area contributed by atoms with Gasteiger partial charge in [0.15, 0.2) is 0 Å². The number of benzene rings is 1. The standard InChI is InChI=1S/C22H33NO3Si/c1-22-11-10-17-16-9-7-15(26-27(3,4)5)12-14(16)6-8-18(17)21(22)19(24)13-20(22)23-25-2/h7,9,12,17-19,21,24H,6,8,10-11,13H2,1-5H3/b23-20+. The van der Waals surface area contributed by atoms with E-state index >= 15 is 0 Å². The van der Waals surface area contributed by atoms with Crippen LogP contribution in [0.4, 0.5) is 0 Å². The minimum Gasteiger partial charge on any atom is -0.544 e. The Balaban J connectivity index is 1.64. The maximum Gasteiger partial charge on any atom is 0.242 e. The van der Waals surface area contributed by atoms with E-state index in [2.05, 4.69) is 49.9 Å². The summed E-state index contributed by atoms with van der Waals surface area (Å²) in [7, 11) is 0.0215. The molecule has 0 aliphatic heterocycles. The van der Waals surface area contributed by atoms with Crippen LogP contribution in [0.15, 0.2) is 23.4 Å². The SMILES string of the molecule is CO/N=C1\CC(O)C2C3CCc4cc(O[Si](C)(C)C)ccc4C3CCC12C. The lowest BCUT2D eigenvalue weighted by molar-refractivity contribution is 0.00215. The molecule has 2 fully saturated rings. The highest BCUT2D eigenvalue weighted by molar-refractivity contribution is 6.70. The van der Waals surface area contributed by atoms with Crippen molar-refractivity contribution in [3.8, 4) is 5.75 Å². The Morgan fingerprint density at radius 2 is 2.00 bits per heavy atom. The van der Waals surface area contributed by atoms with Crippen LogP contribution >= 0.6 is 0 Å². The summed E-state index contributed by atoms with van der Waals surface area (Å²) < 4.78 is 6.22. The zero-order chi connectivity index (χ0) is 19.4. The van der Waals surface area contributed by atoms with Gasteiger partial charge in [0, 0.05) is 11.8 Å². The van der Waals surface area contributed by atoms with Gasteiger partial charge in [0.1, 0.15) is 12.9 Å². The van der Waals surface area contributed by atoms with Crippen molar-refractivity contribution in [2.75, 3.05) is 7.11 Å². The largest absolute Gasteiger partial charge is 0.544 e. The summed E-state index contributed by atoms with van der Waals surface area (Å²) in [5.74, 6) is 2.39. The molecule has 0 bridgehead atoms. The van der Waals surface area contributed by atoms with Crippen molar-refractivity contribution in [1.29, 1.82) is 0 Å². The highest BCUT2D eigenvalue weighted by atomic mass is 28.4. The van der Waals surface area contributed by atoms with Crippen molar-refractivity contribution < 1.29 is 14.4 Å². The molecule has 27 heavy (non-hydrogen) atoms. The molecule has 1 aromatic carbocycles.